The molecule has 2 N–H and O–H groups in total. The summed E-state index contributed by atoms with van der Waals surface area (Å²) in [5, 5.41) is 0. The third-order valence-electron chi connectivity index (χ3n) is 3.77. The molecule has 2 aromatic rings. The molecule has 0 bridgehead atoms. The normalized spacial score (nSPS) is 21.5. The Morgan fingerprint density at radius 1 is 1.10 bits per heavy atom. The fourth-order valence-corrected chi connectivity index (χ4v) is 2.71. The van der Waals surface area contributed by atoms with Crippen LogP contribution in [-0.2, 0) is 5.54 Å². The van der Waals surface area contributed by atoms with Gasteiger partial charge in [0.05, 0.1) is 12.1 Å². The number of hydrogen-bond donors (Lipinski definition) is 1. The van der Waals surface area contributed by atoms with Crippen LogP contribution in [0.25, 0.3) is 0 Å². The topological polar surface area (TPSA) is 41.6 Å². The molecule has 0 aromatic heterocycles. The van der Waals surface area contributed by atoms with E-state index in [1.54, 1.807) is 4.90 Å². The molecule has 5 heteroatoms. The van der Waals surface area contributed by atoms with Gasteiger partial charge in [-0.1, -0.05) is 18.2 Å². The lowest BCUT2D eigenvalue weighted by molar-refractivity contribution is 0.512. The lowest BCUT2D eigenvalue weighted by Crippen LogP contribution is -2.47. The first kappa shape index (κ1) is 13.5. The summed E-state index contributed by atoms with van der Waals surface area (Å²) in [6, 6.07) is 13.0. The summed E-state index contributed by atoms with van der Waals surface area (Å²) >= 11 is 0. The number of nitrogens with zero attached hydrogens (tertiary/aromatic N) is 2. The Labute approximate surface area is 121 Å². The van der Waals surface area contributed by atoms with E-state index in [0.29, 0.717) is 18.1 Å². The van der Waals surface area contributed by atoms with Gasteiger partial charge in [-0.25, -0.2) is 8.78 Å². The number of rotatable bonds is 2. The molecule has 0 fully saturated rings. The lowest BCUT2D eigenvalue weighted by Gasteiger charge is -2.36. The Morgan fingerprint density at radius 3 is 2.33 bits per heavy atom. The Hall–Kier alpha value is -2.43. The summed E-state index contributed by atoms with van der Waals surface area (Å²) in [5.41, 5.74) is 6.62. The Bertz CT molecular complexity index is 680. The minimum absolute atomic E-state index is 0.341. The highest BCUT2D eigenvalue weighted by atomic mass is 19.1. The quantitative estimate of drug-likeness (QED) is 0.922. The van der Waals surface area contributed by atoms with Crippen molar-refractivity contribution in [3.05, 3.63) is 65.7 Å². The maximum absolute atomic E-state index is 13.6. The van der Waals surface area contributed by atoms with Crippen LogP contribution in [0.15, 0.2) is 53.5 Å². The highest BCUT2D eigenvalue weighted by molar-refractivity contribution is 5.98. The smallest absolute Gasteiger partial charge is 0.196 e. The maximum Gasteiger partial charge on any atom is 0.196 e. The van der Waals surface area contributed by atoms with Crippen molar-refractivity contribution in [2.75, 3.05) is 11.4 Å². The minimum atomic E-state index is -0.714. The highest BCUT2D eigenvalue weighted by Gasteiger charge is 2.41. The second-order valence-electron chi connectivity index (χ2n) is 5.28. The predicted octanol–water partition coefficient (Wildman–Crippen LogP) is 3.01. The second kappa shape index (κ2) is 4.84. The van der Waals surface area contributed by atoms with Gasteiger partial charge in [0.15, 0.2) is 5.96 Å². The molecule has 0 saturated heterocycles. The van der Waals surface area contributed by atoms with Crippen LogP contribution in [-0.4, -0.2) is 12.5 Å². The zero-order valence-electron chi connectivity index (χ0n) is 11.6. The number of guanidine groups is 1. The first-order valence-electron chi connectivity index (χ1n) is 6.62. The van der Waals surface area contributed by atoms with Crippen molar-refractivity contribution >= 4 is 11.6 Å². The molecule has 1 heterocycles. The average Bonchev–Trinajstić information content (AvgIpc) is 2.76. The van der Waals surface area contributed by atoms with Crippen LogP contribution < -0.4 is 10.6 Å². The summed E-state index contributed by atoms with van der Waals surface area (Å²) in [6.45, 7) is 2.22. The molecule has 0 aliphatic carbocycles. The van der Waals surface area contributed by atoms with Crippen LogP contribution in [0.2, 0.25) is 0 Å². The molecule has 1 aliphatic rings. The van der Waals surface area contributed by atoms with E-state index in [1.807, 2.05) is 37.3 Å². The van der Waals surface area contributed by atoms with Crippen molar-refractivity contribution < 1.29 is 8.78 Å². The monoisotopic (exact) mass is 287 g/mol. The van der Waals surface area contributed by atoms with Gasteiger partial charge in [-0.3, -0.25) is 4.99 Å². The van der Waals surface area contributed by atoms with Crippen LogP contribution in [0.3, 0.4) is 0 Å². The summed E-state index contributed by atoms with van der Waals surface area (Å²) < 4.78 is 27.1. The summed E-state index contributed by atoms with van der Waals surface area (Å²) in [6.07, 6.45) is 0. The maximum atomic E-state index is 13.6. The van der Waals surface area contributed by atoms with Crippen LogP contribution >= 0.6 is 0 Å². The molecule has 0 saturated carbocycles. The zero-order valence-corrected chi connectivity index (χ0v) is 11.6. The Balaban J connectivity index is 2.11. The highest BCUT2D eigenvalue weighted by Crippen LogP contribution is 2.37. The van der Waals surface area contributed by atoms with E-state index in [9.17, 15) is 8.78 Å². The molecule has 0 amide bonds. The number of halogens is 2. The van der Waals surface area contributed by atoms with Crippen molar-refractivity contribution in [1.82, 2.24) is 0 Å². The van der Waals surface area contributed by atoms with Crippen LogP contribution in [0.5, 0.6) is 0 Å². The minimum Gasteiger partial charge on any atom is -0.369 e. The molecule has 0 spiro atoms. The molecule has 108 valence electrons. The fourth-order valence-electron chi connectivity index (χ4n) is 2.71. The number of aliphatic imine (C=N–C) groups is 1. The number of benzene rings is 2. The molecule has 1 unspecified atom stereocenters. The van der Waals surface area contributed by atoms with Gasteiger partial charge in [-0.05, 0) is 36.8 Å². The van der Waals surface area contributed by atoms with E-state index in [0.717, 1.165) is 11.8 Å². The van der Waals surface area contributed by atoms with E-state index in [2.05, 4.69) is 4.99 Å². The number of anilines is 1. The number of hydrogen-bond acceptors (Lipinski definition) is 3. The van der Waals surface area contributed by atoms with Gasteiger partial charge < -0.3 is 10.6 Å². The van der Waals surface area contributed by atoms with E-state index in [4.69, 9.17) is 5.73 Å². The molecule has 3 rings (SSSR count). The third kappa shape index (κ3) is 2.24. The van der Waals surface area contributed by atoms with Crippen molar-refractivity contribution in [3.63, 3.8) is 0 Å². The SMILES string of the molecule is CC1(c2cc(F)cc(F)c2)CN=C(N)N1c1ccccc1. The number of para-hydroxylation sites is 1. The van der Waals surface area contributed by atoms with Gasteiger partial charge in [0, 0.05) is 11.8 Å². The molecule has 21 heavy (non-hydrogen) atoms. The number of nitrogens with two attached hydrogens (primary N) is 1. The fraction of sp³-hybridized carbons (Fsp3) is 0.188. The van der Waals surface area contributed by atoms with Crippen molar-refractivity contribution in [3.8, 4) is 0 Å². The molecule has 1 atom stereocenters. The molecular weight excluding hydrogens is 272 g/mol. The van der Waals surface area contributed by atoms with E-state index in [-0.39, 0.29) is 0 Å². The molecule has 3 nitrogen and oxygen atoms in total. The van der Waals surface area contributed by atoms with Gasteiger partial charge in [-0.15, -0.1) is 0 Å². The Morgan fingerprint density at radius 2 is 1.71 bits per heavy atom. The van der Waals surface area contributed by atoms with Crippen molar-refractivity contribution in [1.29, 1.82) is 0 Å². The zero-order chi connectivity index (χ0) is 15.0. The van der Waals surface area contributed by atoms with Gasteiger partial charge in [0.1, 0.15) is 11.6 Å². The van der Waals surface area contributed by atoms with Crippen molar-refractivity contribution in [2.45, 2.75) is 12.5 Å². The molecule has 1 aliphatic heterocycles. The van der Waals surface area contributed by atoms with Gasteiger partial charge in [0.2, 0.25) is 0 Å². The van der Waals surface area contributed by atoms with Crippen molar-refractivity contribution in [2.24, 2.45) is 10.7 Å². The van der Waals surface area contributed by atoms with Gasteiger partial charge in [-0.2, -0.15) is 0 Å². The van der Waals surface area contributed by atoms with E-state index >= 15 is 0 Å². The van der Waals surface area contributed by atoms with E-state index < -0.39 is 17.2 Å². The predicted molar refractivity (Wildman–Crippen MR) is 79.1 cm³/mol. The van der Waals surface area contributed by atoms with Gasteiger partial charge in [0.25, 0.3) is 0 Å². The molecule has 0 radical (unpaired) electrons. The van der Waals surface area contributed by atoms with Crippen LogP contribution in [0, 0.1) is 11.6 Å². The van der Waals surface area contributed by atoms with E-state index in [1.165, 1.54) is 12.1 Å². The van der Waals surface area contributed by atoms with Crippen LogP contribution in [0.1, 0.15) is 12.5 Å². The lowest BCUT2D eigenvalue weighted by atomic mass is 9.90. The second-order valence-corrected chi connectivity index (χ2v) is 5.28. The first-order valence-corrected chi connectivity index (χ1v) is 6.62. The van der Waals surface area contributed by atoms with Crippen LogP contribution in [0.4, 0.5) is 14.5 Å². The summed E-state index contributed by atoms with van der Waals surface area (Å²) in [7, 11) is 0. The largest absolute Gasteiger partial charge is 0.369 e. The summed E-state index contributed by atoms with van der Waals surface area (Å²) in [4.78, 5) is 6.07. The van der Waals surface area contributed by atoms with Gasteiger partial charge >= 0.3 is 0 Å². The molecular formula is C16H15F2N3. The first-order chi connectivity index (χ1) is 10.0. The molecule has 2 aromatic carbocycles. The average molecular weight is 287 g/mol. The summed E-state index contributed by atoms with van der Waals surface area (Å²) in [5.74, 6) is -0.872. The standard InChI is InChI=1S/C16H15F2N3/c1-16(11-7-12(17)9-13(18)8-11)10-20-15(19)21(16)14-5-3-2-4-6-14/h2-9H,10H2,1H3,(H2,19,20). The Kier molecular flexibility index (Phi) is 3.12. The third-order valence-corrected chi connectivity index (χ3v) is 3.77.